The number of carbonyl (C=O) groups excluding carboxylic acids is 1. The molecule has 2 heterocycles. The molecule has 35 heavy (non-hydrogen) atoms. The molecule has 0 aliphatic heterocycles. The van der Waals surface area contributed by atoms with Crippen molar-refractivity contribution in [2.45, 2.75) is 31.7 Å². The van der Waals surface area contributed by atoms with Crippen LogP contribution in [0.5, 0.6) is 5.75 Å². The Labute approximate surface area is 209 Å². The number of thioether (sulfide) groups is 1. The highest BCUT2D eigenvalue weighted by Crippen LogP contribution is 2.22. The Morgan fingerprint density at radius 2 is 1.89 bits per heavy atom. The summed E-state index contributed by atoms with van der Waals surface area (Å²) in [5.41, 5.74) is 8.37. The van der Waals surface area contributed by atoms with E-state index in [-0.39, 0.29) is 5.91 Å². The van der Waals surface area contributed by atoms with Crippen molar-refractivity contribution in [3.63, 3.8) is 0 Å². The predicted molar refractivity (Wildman–Crippen MR) is 138 cm³/mol. The maximum Gasteiger partial charge on any atom is 0.271 e. The van der Waals surface area contributed by atoms with Crippen LogP contribution >= 0.6 is 11.8 Å². The number of nitrogens with one attached hydrogen (secondary N) is 1. The molecular formula is C26H28N6O2S. The number of hydrogen-bond donors (Lipinski definition) is 1. The molecule has 4 aromatic rings. The van der Waals surface area contributed by atoms with Crippen LogP contribution in [0.4, 0.5) is 0 Å². The van der Waals surface area contributed by atoms with E-state index < -0.39 is 0 Å². The van der Waals surface area contributed by atoms with Gasteiger partial charge in [-0.25, -0.2) is 5.43 Å². The molecule has 2 aromatic carbocycles. The fourth-order valence-electron chi connectivity index (χ4n) is 3.70. The van der Waals surface area contributed by atoms with Gasteiger partial charge in [0, 0.05) is 41.0 Å². The first-order valence-corrected chi connectivity index (χ1v) is 12.3. The minimum Gasteiger partial charge on any atom is -0.494 e. The molecule has 0 aliphatic carbocycles. The van der Waals surface area contributed by atoms with Crippen LogP contribution in [-0.2, 0) is 12.8 Å². The lowest BCUT2D eigenvalue weighted by Gasteiger charge is -2.10. The van der Waals surface area contributed by atoms with E-state index in [0.717, 1.165) is 44.9 Å². The molecule has 4 rings (SSSR count). The molecule has 180 valence electrons. The Hall–Kier alpha value is -3.85. The number of hydrogen-bond acceptors (Lipinski definition) is 6. The van der Waals surface area contributed by atoms with Crippen molar-refractivity contribution in [2.75, 3.05) is 6.61 Å². The molecule has 2 aromatic heterocycles. The number of aromatic nitrogens is 4. The lowest BCUT2D eigenvalue weighted by Crippen LogP contribution is -2.17. The maximum atomic E-state index is 12.5. The molecular weight excluding hydrogens is 460 g/mol. The molecule has 0 unspecified atom stereocenters. The quantitative estimate of drug-likeness (QED) is 0.210. The largest absolute Gasteiger partial charge is 0.494 e. The van der Waals surface area contributed by atoms with E-state index in [1.54, 1.807) is 36.4 Å². The van der Waals surface area contributed by atoms with Gasteiger partial charge in [-0.05, 0) is 68.8 Å². The first-order valence-electron chi connectivity index (χ1n) is 11.3. The van der Waals surface area contributed by atoms with E-state index in [2.05, 4.69) is 25.3 Å². The van der Waals surface area contributed by atoms with Crippen LogP contribution in [0.15, 0.2) is 71.2 Å². The highest BCUT2D eigenvalue weighted by molar-refractivity contribution is 7.98. The smallest absolute Gasteiger partial charge is 0.271 e. The average Bonchev–Trinajstić information content (AvgIpc) is 3.40. The van der Waals surface area contributed by atoms with Gasteiger partial charge in [0.25, 0.3) is 5.91 Å². The summed E-state index contributed by atoms with van der Waals surface area (Å²) >= 11 is 1.60. The van der Waals surface area contributed by atoms with Crippen LogP contribution in [0.2, 0.25) is 0 Å². The van der Waals surface area contributed by atoms with Crippen LogP contribution < -0.4 is 10.2 Å². The molecule has 0 bridgehead atoms. The second-order valence-electron chi connectivity index (χ2n) is 8.00. The van der Waals surface area contributed by atoms with Gasteiger partial charge in [-0.3, -0.25) is 4.79 Å². The Morgan fingerprint density at radius 3 is 2.54 bits per heavy atom. The molecule has 1 N–H and O–H groups in total. The number of ether oxygens (including phenoxy) is 1. The molecule has 0 saturated carbocycles. The van der Waals surface area contributed by atoms with E-state index in [1.165, 1.54) is 0 Å². The van der Waals surface area contributed by atoms with Crippen molar-refractivity contribution in [3.8, 4) is 11.4 Å². The number of nitrogens with zero attached hydrogens (tertiary/aromatic N) is 5. The number of hydrazone groups is 1. The number of aryl methyl sites for hydroxylation is 2. The van der Waals surface area contributed by atoms with Crippen molar-refractivity contribution in [2.24, 2.45) is 12.1 Å². The van der Waals surface area contributed by atoms with Crippen LogP contribution in [0.1, 0.15) is 39.8 Å². The van der Waals surface area contributed by atoms with Gasteiger partial charge in [0.15, 0.2) is 5.16 Å². The van der Waals surface area contributed by atoms with E-state index >= 15 is 0 Å². The third kappa shape index (κ3) is 5.81. The molecule has 0 aliphatic rings. The lowest BCUT2D eigenvalue weighted by molar-refractivity contribution is 0.0955. The normalized spacial score (nSPS) is 11.2. The van der Waals surface area contributed by atoms with Gasteiger partial charge in [0.2, 0.25) is 0 Å². The fraction of sp³-hybridized carbons (Fsp3) is 0.231. The monoisotopic (exact) mass is 488 g/mol. The van der Waals surface area contributed by atoms with Crippen molar-refractivity contribution in [1.29, 1.82) is 0 Å². The van der Waals surface area contributed by atoms with Crippen molar-refractivity contribution in [3.05, 3.63) is 89.0 Å². The summed E-state index contributed by atoms with van der Waals surface area (Å²) < 4.78 is 9.56. The molecule has 0 radical (unpaired) electrons. The van der Waals surface area contributed by atoms with Gasteiger partial charge in [-0.1, -0.05) is 23.9 Å². The van der Waals surface area contributed by atoms with Crippen LogP contribution in [0.25, 0.3) is 5.69 Å². The summed E-state index contributed by atoms with van der Waals surface area (Å²) in [6.07, 6.45) is 3.35. The zero-order valence-electron chi connectivity index (χ0n) is 20.2. The summed E-state index contributed by atoms with van der Waals surface area (Å²) in [5.74, 6) is 1.34. The molecule has 0 spiro atoms. The Bertz CT molecular complexity index is 1320. The first kappa shape index (κ1) is 24.3. The highest BCUT2D eigenvalue weighted by Gasteiger charge is 2.10. The standard InChI is InChI=1S/C26H28N6O2S/c1-5-34-24-12-10-23(11-13-24)32-18(2)14-22(19(32)3)15-27-29-25(33)21-8-6-20(7-9-21)16-35-26-30-28-17-31(26)4/h6-15,17H,5,16H2,1-4H3,(H,29,33). The number of carbonyl (C=O) groups is 1. The van der Waals surface area contributed by atoms with Gasteiger partial charge in [0.1, 0.15) is 12.1 Å². The second-order valence-corrected chi connectivity index (χ2v) is 8.94. The van der Waals surface area contributed by atoms with Gasteiger partial charge in [0.05, 0.1) is 12.8 Å². The highest BCUT2D eigenvalue weighted by atomic mass is 32.2. The van der Waals surface area contributed by atoms with Crippen molar-refractivity contribution < 1.29 is 9.53 Å². The molecule has 8 nitrogen and oxygen atoms in total. The topological polar surface area (TPSA) is 86.3 Å². The van der Waals surface area contributed by atoms with E-state index in [0.29, 0.717) is 12.2 Å². The maximum absolute atomic E-state index is 12.5. The van der Waals surface area contributed by atoms with E-state index in [9.17, 15) is 4.79 Å². The second kappa shape index (κ2) is 11.1. The number of rotatable bonds is 9. The first-order chi connectivity index (χ1) is 17.0. The zero-order valence-corrected chi connectivity index (χ0v) is 21.0. The summed E-state index contributed by atoms with van der Waals surface area (Å²) in [7, 11) is 1.91. The summed E-state index contributed by atoms with van der Waals surface area (Å²) in [5, 5.41) is 13.0. The van der Waals surface area contributed by atoms with Gasteiger partial charge in [-0.15, -0.1) is 10.2 Å². The molecule has 1 amide bonds. The third-order valence-electron chi connectivity index (χ3n) is 5.50. The third-order valence-corrected chi connectivity index (χ3v) is 6.61. The fourth-order valence-corrected chi connectivity index (χ4v) is 4.55. The number of amides is 1. The Balaban J connectivity index is 1.37. The van der Waals surface area contributed by atoms with Gasteiger partial charge in [-0.2, -0.15) is 5.10 Å². The van der Waals surface area contributed by atoms with E-state index in [1.807, 2.05) is 74.9 Å². The van der Waals surface area contributed by atoms with Gasteiger partial charge >= 0.3 is 0 Å². The summed E-state index contributed by atoms with van der Waals surface area (Å²) in [6, 6.07) is 17.5. The van der Waals surface area contributed by atoms with Crippen LogP contribution in [-0.4, -0.2) is 38.1 Å². The average molecular weight is 489 g/mol. The zero-order chi connectivity index (χ0) is 24.8. The number of benzene rings is 2. The predicted octanol–water partition coefficient (Wildman–Crippen LogP) is 4.68. The summed E-state index contributed by atoms with van der Waals surface area (Å²) in [6.45, 7) is 6.68. The van der Waals surface area contributed by atoms with Crippen LogP contribution in [0.3, 0.4) is 0 Å². The van der Waals surface area contributed by atoms with Crippen molar-refractivity contribution in [1.82, 2.24) is 24.8 Å². The van der Waals surface area contributed by atoms with Gasteiger partial charge < -0.3 is 13.9 Å². The Morgan fingerprint density at radius 1 is 1.14 bits per heavy atom. The lowest BCUT2D eigenvalue weighted by atomic mass is 10.1. The minimum absolute atomic E-state index is 0.255. The van der Waals surface area contributed by atoms with Crippen LogP contribution in [0, 0.1) is 13.8 Å². The SMILES string of the molecule is CCOc1ccc(-n2c(C)cc(C=NNC(=O)c3ccc(CSc4nncn4C)cc3)c2C)cc1. The molecule has 0 saturated heterocycles. The summed E-state index contributed by atoms with van der Waals surface area (Å²) in [4.78, 5) is 12.5. The molecule has 0 fully saturated rings. The molecule has 9 heteroatoms. The van der Waals surface area contributed by atoms with E-state index in [4.69, 9.17) is 4.74 Å². The Kier molecular flexibility index (Phi) is 7.67. The molecule has 0 atom stereocenters. The van der Waals surface area contributed by atoms with Crippen molar-refractivity contribution >= 4 is 23.9 Å². The minimum atomic E-state index is -0.255.